The summed E-state index contributed by atoms with van der Waals surface area (Å²) in [5.41, 5.74) is 6.01. The molecule has 1 unspecified atom stereocenters. The van der Waals surface area contributed by atoms with E-state index in [0.717, 1.165) is 0 Å². The molecule has 1 rings (SSSR count). The van der Waals surface area contributed by atoms with Crippen LogP contribution in [0.4, 0.5) is 5.69 Å². The fraction of sp³-hybridized carbons (Fsp3) is 0.500. The summed E-state index contributed by atoms with van der Waals surface area (Å²) in [5, 5.41) is 9.37. The molecule has 0 spiro atoms. The van der Waals surface area contributed by atoms with Gasteiger partial charge < -0.3 is 15.6 Å². The summed E-state index contributed by atoms with van der Waals surface area (Å²) in [6, 6.07) is 4.26. The van der Waals surface area contributed by atoms with Crippen LogP contribution in [0.3, 0.4) is 0 Å². The molecule has 0 aliphatic carbocycles. The first-order valence-electron chi connectivity index (χ1n) is 6.02. The quantitative estimate of drug-likeness (QED) is 0.642. The number of aliphatic hydroxyl groups excluding tert-OH is 1. The van der Waals surface area contributed by atoms with Gasteiger partial charge in [0.2, 0.25) is 10.0 Å². The second-order valence-corrected chi connectivity index (χ2v) is 5.92. The molecule has 0 saturated carbocycles. The molecule has 0 radical (unpaired) electrons. The van der Waals surface area contributed by atoms with Crippen LogP contribution in [-0.4, -0.2) is 33.3 Å². The van der Waals surface area contributed by atoms with Crippen LogP contribution in [0.5, 0.6) is 5.75 Å². The topological polar surface area (TPSA) is 102 Å². The number of hydrogen-bond acceptors (Lipinski definition) is 5. The first kappa shape index (κ1) is 15.7. The summed E-state index contributed by atoms with van der Waals surface area (Å²) in [7, 11) is -2.19. The lowest BCUT2D eigenvalue weighted by atomic mass is 10.2. The van der Waals surface area contributed by atoms with Crippen molar-refractivity contribution < 1.29 is 18.3 Å². The van der Waals surface area contributed by atoms with Crippen molar-refractivity contribution in [1.82, 2.24) is 4.72 Å². The highest BCUT2D eigenvalue weighted by Crippen LogP contribution is 2.24. The molecular formula is C12H20N2O4S. The van der Waals surface area contributed by atoms with Crippen molar-refractivity contribution >= 4 is 15.7 Å². The van der Waals surface area contributed by atoms with Crippen LogP contribution in [0.2, 0.25) is 0 Å². The molecule has 4 N–H and O–H groups in total. The van der Waals surface area contributed by atoms with Crippen molar-refractivity contribution in [1.29, 1.82) is 0 Å². The summed E-state index contributed by atoms with van der Waals surface area (Å²) in [6.45, 7) is 2.02. The molecule has 7 heteroatoms. The first-order valence-corrected chi connectivity index (χ1v) is 7.50. The van der Waals surface area contributed by atoms with Gasteiger partial charge in [-0.15, -0.1) is 0 Å². The summed E-state index contributed by atoms with van der Waals surface area (Å²) in [6.07, 6.45) is 0.475. The number of hydrogen-bond donors (Lipinski definition) is 3. The molecule has 1 atom stereocenters. The molecule has 0 aliphatic heterocycles. The fourth-order valence-electron chi connectivity index (χ4n) is 1.51. The van der Waals surface area contributed by atoms with Crippen LogP contribution < -0.4 is 15.2 Å². The lowest BCUT2D eigenvalue weighted by Crippen LogP contribution is -2.27. The van der Waals surface area contributed by atoms with E-state index in [1.54, 1.807) is 0 Å². The average molecular weight is 288 g/mol. The monoisotopic (exact) mass is 288 g/mol. The van der Waals surface area contributed by atoms with Crippen LogP contribution in [0.1, 0.15) is 19.8 Å². The molecule has 0 fully saturated rings. The van der Waals surface area contributed by atoms with Gasteiger partial charge >= 0.3 is 0 Å². The Bertz CT molecular complexity index is 516. The lowest BCUT2D eigenvalue weighted by Gasteiger charge is -2.11. The molecule has 0 heterocycles. The number of rotatable bonds is 7. The van der Waals surface area contributed by atoms with E-state index in [-0.39, 0.29) is 11.4 Å². The van der Waals surface area contributed by atoms with E-state index in [2.05, 4.69) is 4.72 Å². The second kappa shape index (κ2) is 6.74. The number of anilines is 1. The van der Waals surface area contributed by atoms with Crippen LogP contribution in [0, 0.1) is 0 Å². The van der Waals surface area contributed by atoms with Crippen LogP contribution in [-0.2, 0) is 10.0 Å². The Hall–Kier alpha value is -1.31. The maximum atomic E-state index is 12.0. The zero-order valence-corrected chi connectivity index (χ0v) is 11.9. The molecule has 19 heavy (non-hydrogen) atoms. The molecule has 0 saturated heterocycles. The normalized spacial score (nSPS) is 13.2. The molecule has 0 aromatic heterocycles. The minimum absolute atomic E-state index is 0.0875. The molecule has 0 bridgehead atoms. The van der Waals surface area contributed by atoms with E-state index >= 15 is 0 Å². The van der Waals surface area contributed by atoms with Crippen molar-refractivity contribution in [3.8, 4) is 5.75 Å². The minimum atomic E-state index is -3.61. The molecule has 0 amide bonds. The predicted octanol–water partition coefficient (Wildman–Crippen LogP) is 0.717. The summed E-state index contributed by atoms with van der Waals surface area (Å²) in [5.74, 6) is 0.316. The highest BCUT2D eigenvalue weighted by atomic mass is 32.2. The molecule has 1 aromatic carbocycles. The smallest absolute Gasteiger partial charge is 0.240 e. The number of nitrogens with one attached hydrogen (secondary N) is 1. The lowest BCUT2D eigenvalue weighted by molar-refractivity contribution is 0.162. The van der Waals surface area contributed by atoms with Gasteiger partial charge in [-0.2, -0.15) is 0 Å². The van der Waals surface area contributed by atoms with Gasteiger partial charge in [-0.05, 0) is 25.0 Å². The van der Waals surface area contributed by atoms with Crippen molar-refractivity contribution in [2.24, 2.45) is 0 Å². The summed E-state index contributed by atoms with van der Waals surface area (Å²) in [4.78, 5) is 0.0875. The number of ether oxygens (including phenoxy) is 1. The van der Waals surface area contributed by atoms with E-state index < -0.39 is 16.1 Å². The van der Waals surface area contributed by atoms with Crippen molar-refractivity contribution in [3.05, 3.63) is 18.2 Å². The molecule has 1 aromatic rings. The van der Waals surface area contributed by atoms with E-state index in [9.17, 15) is 13.5 Å². The van der Waals surface area contributed by atoms with Crippen LogP contribution in [0.15, 0.2) is 23.1 Å². The second-order valence-electron chi connectivity index (χ2n) is 4.15. The van der Waals surface area contributed by atoms with Crippen LogP contribution >= 0.6 is 0 Å². The highest BCUT2D eigenvalue weighted by Gasteiger charge is 2.16. The third kappa shape index (κ3) is 4.38. The first-order chi connectivity index (χ1) is 8.90. The third-order valence-corrected chi connectivity index (χ3v) is 4.21. The van der Waals surface area contributed by atoms with E-state index in [1.165, 1.54) is 25.3 Å². The van der Waals surface area contributed by atoms with Gasteiger partial charge in [0, 0.05) is 12.6 Å². The zero-order valence-electron chi connectivity index (χ0n) is 11.1. The van der Waals surface area contributed by atoms with Gasteiger partial charge in [-0.1, -0.05) is 6.92 Å². The molecule has 108 valence electrons. The number of methoxy groups -OCH3 is 1. The van der Waals surface area contributed by atoms with Crippen molar-refractivity contribution in [2.45, 2.75) is 30.8 Å². The minimum Gasteiger partial charge on any atom is -0.495 e. The summed E-state index contributed by atoms with van der Waals surface area (Å²) >= 11 is 0. The standard InChI is InChI=1S/C12H20N2O4S/c1-3-9(15)6-7-14-19(16,17)10-4-5-11(13)12(8-10)18-2/h4-5,8-9,14-15H,3,6-7,13H2,1-2H3. The Morgan fingerprint density at radius 1 is 1.47 bits per heavy atom. The Labute approximate surface area is 113 Å². The molecule has 6 nitrogen and oxygen atoms in total. The van der Waals surface area contributed by atoms with Crippen molar-refractivity contribution in [3.63, 3.8) is 0 Å². The Balaban J connectivity index is 2.77. The van der Waals surface area contributed by atoms with Gasteiger partial charge in [0.05, 0.1) is 23.8 Å². The zero-order chi connectivity index (χ0) is 14.5. The Morgan fingerprint density at radius 2 is 2.16 bits per heavy atom. The van der Waals surface area contributed by atoms with Gasteiger partial charge in [0.15, 0.2) is 0 Å². The number of sulfonamides is 1. The van der Waals surface area contributed by atoms with Crippen LogP contribution in [0.25, 0.3) is 0 Å². The Kier molecular flexibility index (Phi) is 5.59. The number of aliphatic hydroxyl groups is 1. The number of nitrogens with two attached hydrogens (primary N) is 1. The average Bonchev–Trinajstić information content (AvgIpc) is 2.38. The van der Waals surface area contributed by atoms with E-state index in [0.29, 0.717) is 24.3 Å². The van der Waals surface area contributed by atoms with E-state index in [1.807, 2.05) is 6.92 Å². The Morgan fingerprint density at radius 3 is 2.74 bits per heavy atom. The number of benzene rings is 1. The highest BCUT2D eigenvalue weighted by molar-refractivity contribution is 7.89. The predicted molar refractivity (Wildman–Crippen MR) is 73.5 cm³/mol. The molecular weight excluding hydrogens is 268 g/mol. The van der Waals surface area contributed by atoms with Gasteiger partial charge in [-0.25, -0.2) is 13.1 Å². The molecule has 0 aliphatic rings. The maximum absolute atomic E-state index is 12.0. The maximum Gasteiger partial charge on any atom is 0.240 e. The number of nitrogen functional groups attached to an aromatic ring is 1. The fourth-order valence-corrected chi connectivity index (χ4v) is 2.57. The largest absolute Gasteiger partial charge is 0.495 e. The van der Waals surface area contributed by atoms with Crippen molar-refractivity contribution in [2.75, 3.05) is 19.4 Å². The van der Waals surface area contributed by atoms with Gasteiger partial charge in [0.1, 0.15) is 5.75 Å². The van der Waals surface area contributed by atoms with Gasteiger partial charge in [-0.3, -0.25) is 0 Å². The van der Waals surface area contributed by atoms with E-state index in [4.69, 9.17) is 10.5 Å². The summed E-state index contributed by atoms with van der Waals surface area (Å²) < 4.78 is 31.4. The third-order valence-electron chi connectivity index (χ3n) is 2.76. The van der Waals surface area contributed by atoms with Gasteiger partial charge in [0.25, 0.3) is 0 Å². The SMILES string of the molecule is CCC(O)CCNS(=O)(=O)c1ccc(N)c(OC)c1.